The fourth-order valence-corrected chi connectivity index (χ4v) is 3.17. The van der Waals surface area contributed by atoms with Crippen molar-refractivity contribution in [3.05, 3.63) is 35.7 Å². The second-order valence-corrected chi connectivity index (χ2v) is 5.76. The molecule has 1 aliphatic carbocycles. The van der Waals surface area contributed by atoms with Gasteiger partial charge in [-0.1, -0.05) is 0 Å². The Balaban J connectivity index is 1.74. The fraction of sp³-hybridized carbons (Fsp3) is 0.400. The average Bonchev–Trinajstić information content (AvgIpc) is 2.86. The third-order valence-electron chi connectivity index (χ3n) is 4.26. The van der Waals surface area contributed by atoms with Crippen molar-refractivity contribution in [1.29, 1.82) is 0 Å². The van der Waals surface area contributed by atoms with E-state index >= 15 is 0 Å². The van der Waals surface area contributed by atoms with Gasteiger partial charge in [0.1, 0.15) is 6.29 Å². The zero-order valence-electron chi connectivity index (χ0n) is 13.0. The molecule has 8 nitrogen and oxygen atoms in total. The summed E-state index contributed by atoms with van der Waals surface area (Å²) < 4.78 is 0. The number of hydrazine groups is 1. The van der Waals surface area contributed by atoms with Crippen LogP contribution in [0.2, 0.25) is 0 Å². The molecule has 1 saturated heterocycles. The molecule has 8 heteroatoms. The zero-order chi connectivity index (χ0) is 15.8. The van der Waals surface area contributed by atoms with E-state index in [4.69, 9.17) is 5.73 Å². The Bertz CT molecular complexity index is 718. The summed E-state index contributed by atoms with van der Waals surface area (Å²) in [5.41, 5.74) is 13.4. The Hall–Kier alpha value is -2.13. The molecule has 2 unspecified atom stereocenters. The van der Waals surface area contributed by atoms with Crippen molar-refractivity contribution in [2.45, 2.75) is 31.8 Å². The van der Waals surface area contributed by atoms with E-state index in [9.17, 15) is 0 Å². The van der Waals surface area contributed by atoms with E-state index in [1.54, 1.807) is 0 Å². The highest BCUT2D eigenvalue weighted by molar-refractivity contribution is 5.67. The van der Waals surface area contributed by atoms with Crippen molar-refractivity contribution in [2.75, 3.05) is 12.1 Å². The molecule has 1 fully saturated rings. The average molecular weight is 312 g/mol. The van der Waals surface area contributed by atoms with Gasteiger partial charge in [-0.3, -0.25) is 20.6 Å². The summed E-state index contributed by atoms with van der Waals surface area (Å²) in [7, 11) is 1.86. The van der Waals surface area contributed by atoms with E-state index in [2.05, 4.69) is 43.4 Å². The summed E-state index contributed by atoms with van der Waals surface area (Å²) in [6.45, 7) is 0. The van der Waals surface area contributed by atoms with E-state index in [1.807, 2.05) is 24.3 Å². The maximum absolute atomic E-state index is 5.89. The van der Waals surface area contributed by atoms with E-state index in [0.717, 1.165) is 42.0 Å². The minimum absolute atomic E-state index is 0.128. The number of pyridine rings is 1. The van der Waals surface area contributed by atoms with Gasteiger partial charge >= 0.3 is 0 Å². The third-order valence-corrected chi connectivity index (χ3v) is 4.26. The Kier molecular flexibility index (Phi) is 3.66. The highest BCUT2D eigenvalue weighted by Crippen LogP contribution is 2.30. The molecule has 2 aromatic heterocycles. The third kappa shape index (κ3) is 2.55. The van der Waals surface area contributed by atoms with E-state index < -0.39 is 0 Å². The van der Waals surface area contributed by atoms with Crippen LogP contribution in [0.5, 0.6) is 0 Å². The molecule has 4 rings (SSSR count). The number of anilines is 1. The summed E-state index contributed by atoms with van der Waals surface area (Å²) in [4.78, 5) is 4.49. The Morgan fingerprint density at radius 2 is 2.26 bits per heavy atom. The Morgan fingerprint density at radius 3 is 3.13 bits per heavy atom. The molecule has 0 radical (unpaired) electrons. The van der Waals surface area contributed by atoms with Crippen LogP contribution in [-0.2, 0) is 12.8 Å². The van der Waals surface area contributed by atoms with Gasteiger partial charge in [-0.05, 0) is 50.1 Å². The highest BCUT2D eigenvalue weighted by Gasteiger charge is 2.30. The summed E-state index contributed by atoms with van der Waals surface area (Å²) in [6.07, 6.45) is 4.38. The van der Waals surface area contributed by atoms with E-state index in [1.165, 1.54) is 5.56 Å². The smallest absolute Gasteiger partial charge is 0.168 e. The van der Waals surface area contributed by atoms with Crippen molar-refractivity contribution in [1.82, 2.24) is 31.2 Å². The van der Waals surface area contributed by atoms with Crippen molar-refractivity contribution in [2.24, 2.45) is 5.73 Å². The first kappa shape index (κ1) is 14.5. The molecule has 0 bridgehead atoms. The predicted octanol–water partition coefficient (Wildman–Crippen LogP) is -0.313. The summed E-state index contributed by atoms with van der Waals surface area (Å²) in [5, 5.41) is 17.1. The van der Waals surface area contributed by atoms with E-state index in [-0.39, 0.29) is 12.6 Å². The number of aryl methyl sites for hydroxylation is 2. The standard InChI is InChI=1S/C15H20N8/c1-17-15-19-14(16)22-23(15)12-8-9-4-2-6-11-10(5-3-7-18-11)13(9)21-20-12/h3,5,7-8,14-15,17,19,22H,2,4,6,16H2,1H3. The lowest BCUT2D eigenvalue weighted by Crippen LogP contribution is -2.48. The molecule has 0 amide bonds. The van der Waals surface area contributed by atoms with Crippen LogP contribution >= 0.6 is 0 Å². The summed E-state index contributed by atoms with van der Waals surface area (Å²) >= 11 is 0. The van der Waals surface area contributed by atoms with Gasteiger partial charge in [0.05, 0.1) is 5.69 Å². The van der Waals surface area contributed by atoms with Gasteiger partial charge in [0.15, 0.2) is 12.1 Å². The van der Waals surface area contributed by atoms with Gasteiger partial charge in [-0.25, -0.2) is 0 Å². The number of rotatable bonds is 2. The van der Waals surface area contributed by atoms with Crippen molar-refractivity contribution in [3.8, 4) is 11.3 Å². The molecule has 120 valence electrons. The second-order valence-electron chi connectivity index (χ2n) is 5.76. The lowest BCUT2D eigenvalue weighted by atomic mass is 10.1. The molecule has 2 atom stereocenters. The second kappa shape index (κ2) is 5.82. The molecular weight excluding hydrogens is 292 g/mol. The maximum atomic E-state index is 5.89. The number of hydrogen-bond acceptors (Lipinski definition) is 8. The summed E-state index contributed by atoms with van der Waals surface area (Å²) in [6, 6.07) is 6.11. The maximum Gasteiger partial charge on any atom is 0.168 e. The Morgan fingerprint density at radius 1 is 1.35 bits per heavy atom. The first-order valence-corrected chi connectivity index (χ1v) is 7.81. The first-order valence-electron chi connectivity index (χ1n) is 7.81. The van der Waals surface area contributed by atoms with Crippen LogP contribution in [0.15, 0.2) is 24.4 Å². The van der Waals surface area contributed by atoms with Crippen LogP contribution in [0, 0.1) is 0 Å². The number of nitrogens with two attached hydrogens (primary N) is 1. The largest absolute Gasteiger partial charge is 0.302 e. The lowest BCUT2D eigenvalue weighted by molar-refractivity contribution is 0.491. The fourth-order valence-electron chi connectivity index (χ4n) is 3.17. The molecule has 0 aromatic carbocycles. The van der Waals surface area contributed by atoms with Crippen LogP contribution in [-0.4, -0.2) is 34.8 Å². The number of hydrogen-bond donors (Lipinski definition) is 4. The molecule has 2 aromatic rings. The van der Waals surface area contributed by atoms with Gasteiger partial charge in [-0.15, -0.1) is 10.2 Å². The van der Waals surface area contributed by atoms with Crippen molar-refractivity contribution in [3.63, 3.8) is 0 Å². The highest BCUT2D eigenvalue weighted by atomic mass is 15.7. The van der Waals surface area contributed by atoms with Gasteiger partial charge in [0.2, 0.25) is 0 Å². The molecule has 23 heavy (non-hydrogen) atoms. The number of nitrogens with one attached hydrogen (secondary N) is 3. The normalized spacial score (nSPS) is 23.3. The van der Waals surface area contributed by atoms with Crippen molar-refractivity contribution >= 4 is 5.82 Å². The Labute approximate surface area is 134 Å². The monoisotopic (exact) mass is 312 g/mol. The molecule has 1 aliphatic heterocycles. The quantitative estimate of drug-likeness (QED) is 0.598. The molecule has 0 spiro atoms. The zero-order valence-corrected chi connectivity index (χ0v) is 13.0. The predicted molar refractivity (Wildman–Crippen MR) is 86.9 cm³/mol. The van der Waals surface area contributed by atoms with Gasteiger partial charge < -0.3 is 5.73 Å². The minimum atomic E-state index is -0.321. The van der Waals surface area contributed by atoms with E-state index in [0.29, 0.717) is 0 Å². The number of fused-ring (bicyclic) bond motifs is 3. The van der Waals surface area contributed by atoms with Crippen LogP contribution in [0.25, 0.3) is 11.3 Å². The molecule has 3 heterocycles. The topological polar surface area (TPSA) is 104 Å². The van der Waals surface area contributed by atoms with Crippen LogP contribution in [0.4, 0.5) is 5.82 Å². The molecular formula is C15H20N8. The van der Waals surface area contributed by atoms with Crippen LogP contribution in [0.1, 0.15) is 17.7 Å². The SMILES string of the molecule is CNC1NC(N)NN1c1cc2c(nn1)-c1cccnc1CCC2. The van der Waals surface area contributed by atoms with Crippen LogP contribution in [0.3, 0.4) is 0 Å². The number of nitrogens with zero attached hydrogens (tertiary/aromatic N) is 4. The minimum Gasteiger partial charge on any atom is -0.302 e. The van der Waals surface area contributed by atoms with Gasteiger partial charge in [0.25, 0.3) is 0 Å². The van der Waals surface area contributed by atoms with Gasteiger partial charge in [0, 0.05) is 17.5 Å². The summed E-state index contributed by atoms with van der Waals surface area (Å²) in [5.74, 6) is 0.746. The molecule has 5 N–H and O–H groups in total. The molecule has 0 saturated carbocycles. The van der Waals surface area contributed by atoms with Crippen molar-refractivity contribution < 1.29 is 0 Å². The molecule has 2 aliphatic rings. The first-order chi connectivity index (χ1) is 11.3. The van der Waals surface area contributed by atoms with Gasteiger partial charge in [-0.2, -0.15) is 5.43 Å². The van der Waals surface area contributed by atoms with Crippen LogP contribution < -0.4 is 26.8 Å². The lowest BCUT2D eigenvalue weighted by Gasteiger charge is -2.23. The number of aromatic nitrogens is 3.